The molecule has 28 heavy (non-hydrogen) atoms. The summed E-state index contributed by atoms with van der Waals surface area (Å²) in [5, 5.41) is 10.1. The number of phenols is 1. The molecule has 1 heterocycles. The van der Waals surface area contributed by atoms with Crippen molar-refractivity contribution in [2.45, 2.75) is 59.4 Å². The van der Waals surface area contributed by atoms with Crippen LogP contribution in [0.5, 0.6) is 5.75 Å². The molecule has 2 aromatic rings. The number of benzene rings is 1. The fraction of sp³-hybridized carbons (Fsp3) is 0.429. The van der Waals surface area contributed by atoms with Gasteiger partial charge in [0.2, 0.25) is 0 Å². The molecule has 1 unspecified atom stereocenters. The SMILES string of the molecule is Cc1cc(C(C=Nc2cccnc2)P(=O)(OC(C)C)OC(C)C)cc(C)c1O. The molecule has 1 N–H and O–H groups in total. The normalized spacial score (nSPS) is 13.6. The van der Waals surface area contributed by atoms with E-state index in [1.165, 1.54) is 0 Å². The Morgan fingerprint density at radius 2 is 1.68 bits per heavy atom. The van der Waals surface area contributed by atoms with Crippen LogP contribution in [0.4, 0.5) is 5.69 Å². The Kier molecular flexibility index (Phi) is 7.53. The van der Waals surface area contributed by atoms with Crippen molar-refractivity contribution in [3.05, 3.63) is 53.3 Å². The number of aromatic nitrogens is 1. The third kappa shape index (κ3) is 5.74. The van der Waals surface area contributed by atoms with Crippen molar-refractivity contribution in [3.63, 3.8) is 0 Å². The second-order valence-corrected chi connectivity index (χ2v) is 9.34. The van der Waals surface area contributed by atoms with Crippen molar-refractivity contribution in [2.24, 2.45) is 4.99 Å². The second-order valence-electron chi connectivity index (χ2n) is 7.29. The monoisotopic (exact) mass is 404 g/mol. The van der Waals surface area contributed by atoms with Crippen molar-refractivity contribution in [3.8, 4) is 5.75 Å². The first-order chi connectivity index (χ1) is 13.1. The van der Waals surface area contributed by atoms with Gasteiger partial charge in [0, 0.05) is 12.4 Å². The van der Waals surface area contributed by atoms with Crippen LogP contribution >= 0.6 is 7.60 Å². The van der Waals surface area contributed by atoms with Crippen LogP contribution in [0.3, 0.4) is 0 Å². The quantitative estimate of drug-likeness (QED) is 0.438. The lowest BCUT2D eigenvalue weighted by atomic mass is 10.0. The van der Waals surface area contributed by atoms with E-state index in [9.17, 15) is 9.67 Å². The van der Waals surface area contributed by atoms with E-state index in [2.05, 4.69) is 9.98 Å². The molecule has 152 valence electrons. The second kappa shape index (κ2) is 9.46. The predicted octanol–water partition coefficient (Wildman–Crippen LogP) is 5.89. The van der Waals surface area contributed by atoms with Gasteiger partial charge in [-0.05, 0) is 70.4 Å². The van der Waals surface area contributed by atoms with Crippen molar-refractivity contribution >= 4 is 19.5 Å². The molecule has 0 aliphatic rings. The van der Waals surface area contributed by atoms with E-state index in [1.807, 2.05) is 33.8 Å². The van der Waals surface area contributed by atoms with Crippen LogP contribution < -0.4 is 0 Å². The molecule has 0 radical (unpaired) electrons. The molecule has 1 atom stereocenters. The standard InChI is InChI=1S/C21H29N2O4P/c1-14(2)26-28(25,27-15(3)4)20(13-23-19-8-7-9-22-12-19)18-10-16(5)21(24)17(6)11-18/h7-15,20,24H,1-6H3. The molecule has 6 nitrogen and oxygen atoms in total. The minimum Gasteiger partial charge on any atom is -0.507 e. The average Bonchev–Trinajstić information content (AvgIpc) is 2.59. The Bertz CT molecular complexity index is 829. The Morgan fingerprint density at radius 1 is 1.11 bits per heavy atom. The Balaban J connectivity index is 2.59. The third-order valence-corrected chi connectivity index (χ3v) is 6.47. The Labute approximate surface area is 167 Å². The smallest absolute Gasteiger partial charge is 0.343 e. The van der Waals surface area contributed by atoms with Gasteiger partial charge in [0.1, 0.15) is 11.4 Å². The van der Waals surface area contributed by atoms with Gasteiger partial charge in [0.25, 0.3) is 0 Å². The van der Waals surface area contributed by atoms with Gasteiger partial charge in [-0.2, -0.15) is 0 Å². The van der Waals surface area contributed by atoms with E-state index < -0.39 is 13.3 Å². The van der Waals surface area contributed by atoms with Gasteiger partial charge in [-0.15, -0.1) is 0 Å². The van der Waals surface area contributed by atoms with E-state index in [0.717, 1.165) is 0 Å². The summed E-state index contributed by atoms with van der Waals surface area (Å²) in [6.45, 7) is 10.9. The van der Waals surface area contributed by atoms with E-state index in [1.54, 1.807) is 50.7 Å². The van der Waals surface area contributed by atoms with E-state index in [0.29, 0.717) is 22.4 Å². The number of nitrogens with zero attached hydrogens (tertiary/aromatic N) is 2. The summed E-state index contributed by atoms with van der Waals surface area (Å²) < 4.78 is 25.5. The highest BCUT2D eigenvalue weighted by Crippen LogP contribution is 2.62. The average molecular weight is 404 g/mol. The minimum absolute atomic E-state index is 0.219. The van der Waals surface area contributed by atoms with Crippen LogP contribution in [0.2, 0.25) is 0 Å². The zero-order valence-electron chi connectivity index (χ0n) is 17.3. The number of rotatable bonds is 8. The van der Waals surface area contributed by atoms with Gasteiger partial charge in [0.15, 0.2) is 0 Å². The summed E-state index contributed by atoms with van der Waals surface area (Å²) in [6.07, 6.45) is 4.29. The largest absolute Gasteiger partial charge is 0.507 e. The molecule has 0 saturated heterocycles. The highest BCUT2D eigenvalue weighted by atomic mass is 31.2. The third-order valence-electron chi connectivity index (χ3n) is 3.92. The highest BCUT2D eigenvalue weighted by molar-refractivity contribution is 7.55. The fourth-order valence-corrected chi connectivity index (χ4v) is 5.07. The summed E-state index contributed by atoms with van der Waals surface area (Å²) in [7, 11) is -3.61. The molecule has 0 spiro atoms. The van der Waals surface area contributed by atoms with Crippen LogP contribution in [0.25, 0.3) is 0 Å². The van der Waals surface area contributed by atoms with Gasteiger partial charge in [-0.25, -0.2) is 0 Å². The first kappa shape index (κ1) is 22.3. The molecule has 0 fully saturated rings. The molecule has 0 saturated carbocycles. The number of hydrogen-bond acceptors (Lipinski definition) is 6. The molecular formula is C21H29N2O4P. The molecule has 2 rings (SSSR count). The zero-order valence-corrected chi connectivity index (χ0v) is 18.2. The number of aliphatic imine (C=N–C) groups is 1. The molecule has 1 aromatic carbocycles. The Hall–Kier alpha value is -2.01. The van der Waals surface area contributed by atoms with E-state index in [4.69, 9.17) is 9.05 Å². The maximum atomic E-state index is 13.8. The first-order valence-corrected chi connectivity index (χ1v) is 10.9. The van der Waals surface area contributed by atoms with Crippen molar-refractivity contribution in [1.29, 1.82) is 0 Å². The maximum absolute atomic E-state index is 13.8. The van der Waals surface area contributed by atoms with Gasteiger partial charge in [-0.3, -0.25) is 14.5 Å². The maximum Gasteiger partial charge on any atom is 0.343 e. The van der Waals surface area contributed by atoms with Crippen LogP contribution in [0, 0.1) is 13.8 Å². The lowest BCUT2D eigenvalue weighted by molar-refractivity contribution is 0.140. The highest BCUT2D eigenvalue weighted by Gasteiger charge is 2.38. The topological polar surface area (TPSA) is 81.0 Å². The minimum atomic E-state index is -3.61. The van der Waals surface area contributed by atoms with Crippen molar-refractivity contribution < 1.29 is 18.7 Å². The van der Waals surface area contributed by atoms with Gasteiger partial charge in [0.05, 0.1) is 24.1 Å². The summed E-state index contributed by atoms with van der Waals surface area (Å²) in [6, 6.07) is 7.18. The summed E-state index contributed by atoms with van der Waals surface area (Å²) >= 11 is 0. The van der Waals surface area contributed by atoms with Crippen molar-refractivity contribution in [1.82, 2.24) is 4.98 Å². The Morgan fingerprint density at radius 3 is 2.14 bits per heavy atom. The summed E-state index contributed by atoms with van der Waals surface area (Å²) in [5.74, 6) is 0.219. The molecular weight excluding hydrogens is 375 g/mol. The first-order valence-electron chi connectivity index (χ1n) is 9.33. The van der Waals surface area contributed by atoms with Crippen LogP contribution in [-0.2, 0) is 13.6 Å². The number of hydrogen-bond donors (Lipinski definition) is 1. The fourth-order valence-electron chi connectivity index (χ4n) is 2.84. The van der Waals surface area contributed by atoms with Gasteiger partial charge < -0.3 is 14.2 Å². The van der Waals surface area contributed by atoms with Gasteiger partial charge >= 0.3 is 7.60 Å². The van der Waals surface area contributed by atoms with Crippen LogP contribution in [-0.4, -0.2) is 28.5 Å². The number of aryl methyl sites for hydroxylation is 2. The zero-order chi connectivity index (χ0) is 20.9. The summed E-state index contributed by atoms with van der Waals surface area (Å²) in [5.41, 5.74) is 2.01. The number of pyridine rings is 1. The predicted molar refractivity (Wildman–Crippen MR) is 113 cm³/mol. The number of aromatic hydroxyl groups is 1. The molecule has 7 heteroatoms. The van der Waals surface area contributed by atoms with E-state index >= 15 is 0 Å². The summed E-state index contributed by atoms with van der Waals surface area (Å²) in [4.78, 5) is 8.52. The van der Waals surface area contributed by atoms with Crippen LogP contribution in [0.1, 0.15) is 50.0 Å². The molecule has 0 amide bonds. The van der Waals surface area contributed by atoms with E-state index in [-0.39, 0.29) is 18.0 Å². The lowest BCUT2D eigenvalue weighted by Crippen LogP contribution is -2.15. The molecule has 0 aliphatic carbocycles. The van der Waals surface area contributed by atoms with Crippen molar-refractivity contribution in [2.75, 3.05) is 0 Å². The van der Waals surface area contributed by atoms with Crippen LogP contribution in [0.15, 0.2) is 41.7 Å². The molecule has 0 bridgehead atoms. The van der Waals surface area contributed by atoms with Gasteiger partial charge in [-0.1, -0.05) is 12.1 Å². The molecule has 1 aromatic heterocycles. The number of phenolic OH excluding ortho intramolecular Hbond substituents is 1. The molecule has 0 aliphatic heterocycles. The lowest BCUT2D eigenvalue weighted by Gasteiger charge is -2.28.